The largest absolute Gasteiger partial charge is 0.474 e. The molecule has 2 aromatic rings. The maximum absolute atomic E-state index is 14.3. The number of benzene rings is 1. The van der Waals surface area contributed by atoms with E-state index in [0.29, 0.717) is 60.5 Å². The van der Waals surface area contributed by atoms with Gasteiger partial charge in [-0.1, -0.05) is 20.8 Å². The molecule has 10 heteroatoms. The second-order valence-electron chi connectivity index (χ2n) is 10.0. The quantitative estimate of drug-likeness (QED) is 0.585. The number of nitrogens with zero attached hydrogens (tertiary/aromatic N) is 3. The second kappa shape index (κ2) is 9.95. The first-order chi connectivity index (χ1) is 16.1. The van der Waals surface area contributed by atoms with E-state index >= 15 is 0 Å². The van der Waals surface area contributed by atoms with Crippen molar-refractivity contribution >= 4 is 30.2 Å². The van der Waals surface area contributed by atoms with Crippen LogP contribution >= 0.6 is 12.6 Å². The van der Waals surface area contributed by atoms with Crippen molar-refractivity contribution in [2.45, 2.75) is 63.6 Å². The lowest BCUT2D eigenvalue weighted by molar-refractivity contribution is -0.0928. The fourth-order valence-corrected chi connectivity index (χ4v) is 4.37. The van der Waals surface area contributed by atoms with Gasteiger partial charge in [0.25, 0.3) is 0 Å². The second-order valence-corrected chi connectivity index (χ2v) is 10.5. The number of thiol groups is 1. The molecule has 1 aromatic carbocycles. The molecule has 2 aliphatic rings. The minimum Gasteiger partial charge on any atom is -0.474 e. The first-order valence-corrected chi connectivity index (χ1v) is 11.8. The van der Waals surface area contributed by atoms with Crippen molar-refractivity contribution in [1.29, 1.82) is 0 Å². The molecule has 1 N–H and O–H groups in total. The summed E-state index contributed by atoms with van der Waals surface area (Å²) in [5.41, 5.74) is 0.862. The molecule has 2 bridgehead atoms. The maximum Gasteiger partial charge on any atom is 0.410 e. The molecule has 2 saturated heterocycles. The Labute approximate surface area is 204 Å². The highest BCUT2D eigenvalue weighted by Crippen LogP contribution is 2.33. The minimum atomic E-state index is -0.425. The molecule has 1 aromatic heterocycles. The van der Waals surface area contributed by atoms with Gasteiger partial charge in [0.05, 0.1) is 43.2 Å². The van der Waals surface area contributed by atoms with Crippen LogP contribution in [0.4, 0.5) is 20.7 Å². The Morgan fingerprint density at radius 2 is 1.97 bits per heavy atom. The average molecular weight is 491 g/mol. The van der Waals surface area contributed by atoms with Gasteiger partial charge in [0.15, 0.2) is 0 Å². The van der Waals surface area contributed by atoms with E-state index in [9.17, 15) is 9.18 Å². The molecule has 1 amide bonds. The summed E-state index contributed by atoms with van der Waals surface area (Å²) >= 11 is 4.15. The molecule has 8 nitrogen and oxygen atoms in total. The van der Waals surface area contributed by atoms with Crippen molar-refractivity contribution in [2.75, 3.05) is 25.1 Å². The normalized spacial score (nSPS) is 22.3. The van der Waals surface area contributed by atoms with Crippen LogP contribution in [0.5, 0.6) is 5.88 Å². The predicted molar refractivity (Wildman–Crippen MR) is 128 cm³/mol. The standard InChI is InChI=1S/C24H31FN4O4S/c1-14-21(28-20-6-5-18(34)9-19(20)25)26-13-27-22(14)33-17-7-15-10-31-11-16(8-17)29(15)23(30)32-12-24(2,3)4/h5-6,9,13,15-17,34H,7-8,10-12H2,1-4H3,(H,26,27,28). The van der Waals surface area contributed by atoms with Gasteiger partial charge in [-0.2, -0.15) is 0 Å². The number of rotatable bonds is 5. The number of aromatic nitrogens is 2. The number of carbonyl (C=O) groups excluding carboxylic acids is 1. The molecular weight excluding hydrogens is 459 g/mol. The zero-order valence-corrected chi connectivity index (χ0v) is 20.8. The maximum atomic E-state index is 14.3. The molecule has 4 rings (SSSR count). The molecule has 34 heavy (non-hydrogen) atoms. The van der Waals surface area contributed by atoms with Gasteiger partial charge in [-0.05, 0) is 30.5 Å². The van der Waals surface area contributed by atoms with Crippen molar-refractivity contribution in [3.63, 3.8) is 0 Å². The first kappa shape index (κ1) is 24.5. The third-order valence-corrected chi connectivity index (χ3v) is 6.12. The van der Waals surface area contributed by atoms with Crippen LogP contribution in [-0.2, 0) is 9.47 Å². The Bertz CT molecular complexity index is 1030. The fraction of sp³-hybridized carbons (Fsp3) is 0.542. The van der Waals surface area contributed by atoms with E-state index in [-0.39, 0.29) is 29.7 Å². The van der Waals surface area contributed by atoms with Crippen molar-refractivity contribution < 1.29 is 23.4 Å². The highest BCUT2D eigenvalue weighted by molar-refractivity contribution is 7.80. The molecule has 184 valence electrons. The number of nitrogens with one attached hydrogen (secondary N) is 1. The SMILES string of the molecule is Cc1c(Nc2ccc(S)cc2F)ncnc1OC1CC2COCC(C1)N2C(=O)OCC(C)(C)C. The number of anilines is 2. The van der Waals surface area contributed by atoms with Crippen LogP contribution in [0.15, 0.2) is 29.4 Å². The van der Waals surface area contributed by atoms with E-state index < -0.39 is 5.82 Å². The van der Waals surface area contributed by atoms with E-state index in [2.05, 4.69) is 27.9 Å². The molecule has 2 aliphatic heterocycles. The lowest BCUT2D eigenvalue weighted by Crippen LogP contribution is -2.61. The molecule has 0 spiro atoms. The average Bonchev–Trinajstić information content (AvgIpc) is 2.75. The summed E-state index contributed by atoms with van der Waals surface area (Å²) < 4.78 is 31.8. The topological polar surface area (TPSA) is 85.8 Å². The van der Waals surface area contributed by atoms with E-state index in [0.717, 1.165) is 0 Å². The number of amides is 1. The highest BCUT2D eigenvalue weighted by Gasteiger charge is 2.43. The van der Waals surface area contributed by atoms with Gasteiger partial charge in [0, 0.05) is 17.7 Å². The summed E-state index contributed by atoms with van der Waals surface area (Å²) in [5, 5.41) is 3.00. The van der Waals surface area contributed by atoms with Crippen LogP contribution in [0.2, 0.25) is 0 Å². The molecular formula is C24H31FN4O4S. The smallest absolute Gasteiger partial charge is 0.410 e. The number of carbonyl (C=O) groups is 1. The lowest BCUT2D eigenvalue weighted by atomic mass is 9.92. The Balaban J connectivity index is 1.44. The van der Waals surface area contributed by atoms with Crippen molar-refractivity contribution in [1.82, 2.24) is 14.9 Å². The van der Waals surface area contributed by atoms with E-state index in [1.165, 1.54) is 12.4 Å². The molecule has 0 saturated carbocycles. The Morgan fingerprint density at radius 1 is 1.26 bits per heavy atom. The number of halogens is 1. The molecule has 2 fully saturated rings. The lowest BCUT2D eigenvalue weighted by Gasteiger charge is -2.47. The zero-order valence-electron chi connectivity index (χ0n) is 19.9. The Hall–Kier alpha value is -2.59. The Morgan fingerprint density at radius 3 is 2.62 bits per heavy atom. The molecule has 2 atom stereocenters. The number of hydrogen-bond donors (Lipinski definition) is 2. The van der Waals surface area contributed by atoms with Crippen molar-refractivity contribution in [3.05, 3.63) is 35.9 Å². The van der Waals surface area contributed by atoms with E-state index in [1.807, 2.05) is 32.6 Å². The minimum absolute atomic E-state index is 0.101. The van der Waals surface area contributed by atoms with Gasteiger partial charge in [-0.25, -0.2) is 19.2 Å². The summed E-state index contributed by atoms with van der Waals surface area (Å²) in [6.07, 6.45) is 2.15. The van der Waals surface area contributed by atoms with Crippen molar-refractivity contribution in [3.8, 4) is 5.88 Å². The monoisotopic (exact) mass is 490 g/mol. The third-order valence-electron chi connectivity index (χ3n) is 5.84. The van der Waals surface area contributed by atoms with Crippen LogP contribution in [0.3, 0.4) is 0 Å². The summed E-state index contributed by atoms with van der Waals surface area (Å²) in [6, 6.07) is 4.39. The molecule has 0 radical (unpaired) electrons. The van der Waals surface area contributed by atoms with E-state index in [4.69, 9.17) is 14.2 Å². The number of ether oxygens (including phenoxy) is 3. The number of morpholine rings is 1. The fourth-order valence-electron chi connectivity index (χ4n) is 4.18. The van der Waals surface area contributed by atoms with Crippen LogP contribution in [-0.4, -0.2) is 59.0 Å². The summed E-state index contributed by atoms with van der Waals surface area (Å²) in [6.45, 7) is 9.15. The van der Waals surface area contributed by atoms with Gasteiger partial charge in [0.1, 0.15) is 24.1 Å². The number of fused-ring (bicyclic) bond motifs is 2. The summed E-state index contributed by atoms with van der Waals surface area (Å²) in [7, 11) is 0. The zero-order chi connectivity index (χ0) is 24.5. The molecule has 2 unspecified atom stereocenters. The third kappa shape index (κ3) is 5.72. The molecule has 0 aliphatic carbocycles. The van der Waals surface area contributed by atoms with Gasteiger partial charge in [0.2, 0.25) is 5.88 Å². The van der Waals surface area contributed by atoms with Crippen LogP contribution in [0.25, 0.3) is 0 Å². The highest BCUT2D eigenvalue weighted by atomic mass is 32.1. The van der Waals surface area contributed by atoms with Gasteiger partial charge in [-0.15, -0.1) is 12.6 Å². The van der Waals surface area contributed by atoms with Crippen molar-refractivity contribution in [2.24, 2.45) is 5.41 Å². The first-order valence-electron chi connectivity index (χ1n) is 11.4. The number of piperidine rings is 1. The van der Waals surface area contributed by atoms with Gasteiger partial charge < -0.3 is 19.5 Å². The summed E-state index contributed by atoms with van der Waals surface area (Å²) in [5.74, 6) is 0.463. The Kier molecular flexibility index (Phi) is 7.18. The van der Waals surface area contributed by atoms with Crippen LogP contribution in [0, 0.1) is 18.2 Å². The predicted octanol–water partition coefficient (Wildman–Crippen LogP) is 4.75. The number of hydrogen-bond acceptors (Lipinski definition) is 8. The molecule has 3 heterocycles. The van der Waals surface area contributed by atoms with Gasteiger partial charge in [-0.3, -0.25) is 4.90 Å². The van der Waals surface area contributed by atoms with Crippen LogP contribution < -0.4 is 10.1 Å². The van der Waals surface area contributed by atoms with Gasteiger partial charge >= 0.3 is 6.09 Å². The van der Waals surface area contributed by atoms with Crippen LogP contribution in [0.1, 0.15) is 39.2 Å². The summed E-state index contributed by atoms with van der Waals surface area (Å²) in [4.78, 5) is 23.7. The van der Waals surface area contributed by atoms with E-state index in [1.54, 1.807) is 12.1 Å².